The first-order valence-electron chi connectivity index (χ1n) is 14.5. The van der Waals surface area contributed by atoms with E-state index in [1.807, 2.05) is 0 Å². The Morgan fingerprint density at radius 1 is 1.02 bits per heavy atom. The van der Waals surface area contributed by atoms with Crippen LogP contribution in [0.2, 0.25) is 0 Å². The molecule has 0 bridgehead atoms. The number of hydrogen-bond donors (Lipinski definition) is 3. The molecule has 1 fully saturated rings. The van der Waals surface area contributed by atoms with Gasteiger partial charge in [-0.3, -0.25) is 14.7 Å². The fourth-order valence-corrected chi connectivity index (χ4v) is 5.90. The number of nitrogens with two attached hydrogens (primary N) is 1. The summed E-state index contributed by atoms with van der Waals surface area (Å²) in [5, 5.41) is 8.73. The lowest BCUT2D eigenvalue weighted by Gasteiger charge is -2.36. The highest BCUT2D eigenvalue weighted by Gasteiger charge is 2.60. The van der Waals surface area contributed by atoms with Crippen LogP contribution in [0.15, 0.2) is 40.5 Å². The van der Waals surface area contributed by atoms with Crippen molar-refractivity contribution in [2.75, 3.05) is 18.9 Å². The maximum atomic E-state index is 13.1. The molecular formula is C28H37N6O12PS. The summed E-state index contributed by atoms with van der Waals surface area (Å²) in [6.07, 6.45) is -0.416. The highest BCUT2D eigenvalue weighted by atomic mass is 32.2. The number of carbonyl (C=O) groups is 2. The molecule has 18 nitrogen and oxygen atoms in total. The lowest BCUT2D eigenvalue weighted by Crippen LogP contribution is -2.48. The Bertz CT molecular complexity index is 1700. The molecule has 1 saturated carbocycles. The standard InChI is InChI=1S/C28H37N6O12PS/c1-25(2,3)44-23(35)42-14-28(47(39,40)41,15-43-24(36)45-26(4,5)6)46-27(11-12-27)13-33-16-30-19-20(33)31-22(29)32-21(19)48-18-9-7-17(8-10-18)34(37)38/h7-10,16H,11-15H2,1-6H3,(H2,29,31,32)(H2,39,40,41). The van der Waals surface area contributed by atoms with E-state index in [1.54, 1.807) is 58.2 Å². The molecule has 262 valence electrons. The number of nitrogen functional groups attached to an aromatic ring is 1. The van der Waals surface area contributed by atoms with Gasteiger partial charge in [-0.25, -0.2) is 19.6 Å². The van der Waals surface area contributed by atoms with Gasteiger partial charge in [-0.15, -0.1) is 0 Å². The minimum Gasteiger partial charge on any atom is -0.430 e. The predicted octanol–water partition coefficient (Wildman–Crippen LogP) is 4.79. The minimum absolute atomic E-state index is 0.0395. The van der Waals surface area contributed by atoms with Crippen molar-refractivity contribution in [3.8, 4) is 0 Å². The molecule has 0 aliphatic heterocycles. The molecule has 0 unspecified atom stereocenters. The molecule has 1 aromatic carbocycles. The van der Waals surface area contributed by atoms with Crippen LogP contribution in [0.4, 0.5) is 21.2 Å². The summed E-state index contributed by atoms with van der Waals surface area (Å²) in [6.45, 7) is 7.35. The number of benzene rings is 1. The number of ether oxygens (including phenoxy) is 5. The first-order valence-corrected chi connectivity index (χ1v) is 16.9. The summed E-state index contributed by atoms with van der Waals surface area (Å²) in [7, 11) is -5.38. The second-order valence-electron chi connectivity index (χ2n) is 13.1. The van der Waals surface area contributed by atoms with Crippen LogP contribution < -0.4 is 5.73 Å². The number of imidazole rings is 1. The van der Waals surface area contributed by atoms with Gasteiger partial charge in [0.15, 0.2) is 5.65 Å². The predicted molar refractivity (Wildman–Crippen MR) is 169 cm³/mol. The number of non-ortho nitro benzene ring substituents is 1. The number of rotatable bonds is 12. The Morgan fingerprint density at radius 2 is 1.56 bits per heavy atom. The second-order valence-corrected chi connectivity index (χ2v) is 16.0. The van der Waals surface area contributed by atoms with Crippen LogP contribution in [0, 0.1) is 10.1 Å². The van der Waals surface area contributed by atoms with Gasteiger partial charge in [-0.2, -0.15) is 4.98 Å². The quantitative estimate of drug-likeness (QED) is 0.0750. The van der Waals surface area contributed by atoms with Crippen molar-refractivity contribution in [3.63, 3.8) is 0 Å². The van der Waals surface area contributed by atoms with Crippen molar-refractivity contribution in [2.45, 2.75) is 93.0 Å². The van der Waals surface area contributed by atoms with E-state index in [0.717, 1.165) is 11.8 Å². The molecule has 2 heterocycles. The zero-order chi connectivity index (χ0) is 35.7. The molecule has 0 amide bonds. The highest BCUT2D eigenvalue weighted by molar-refractivity contribution is 7.99. The van der Waals surface area contributed by atoms with Gasteiger partial charge >= 0.3 is 19.9 Å². The number of aromatic nitrogens is 4. The van der Waals surface area contributed by atoms with Crippen LogP contribution in [0.1, 0.15) is 54.4 Å². The first-order chi connectivity index (χ1) is 22.1. The molecule has 3 aromatic rings. The van der Waals surface area contributed by atoms with E-state index >= 15 is 0 Å². The average Bonchev–Trinajstić information content (AvgIpc) is 3.57. The highest BCUT2D eigenvalue weighted by Crippen LogP contribution is 2.57. The number of carbonyl (C=O) groups excluding carboxylic acids is 2. The third-order valence-electron chi connectivity index (χ3n) is 6.52. The molecule has 4 N–H and O–H groups in total. The summed E-state index contributed by atoms with van der Waals surface area (Å²) < 4.78 is 41.3. The van der Waals surface area contributed by atoms with Gasteiger partial charge in [0.05, 0.1) is 23.4 Å². The molecule has 1 aliphatic carbocycles. The summed E-state index contributed by atoms with van der Waals surface area (Å²) in [6, 6.07) is 5.81. The van der Waals surface area contributed by atoms with E-state index in [0.29, 0.717) is 28.3 Å². The first kappa shape index (κ1) is 36.8. The summed E-state index contributed by atoms with van der Waals surface area (Å²) in [5.74, 6) is -0.0967. The number of fused-ring (bicyclic) bond motifs is 1. The molecular weight excluding hydrogens is 675 g/mol. The third-order valence-corrected chi connectivity index (χ3v) is 8.92. The van der Waals surface area contributed by atoms with Gasteiger partial charge in [-0.05, 0) is 66.5 Å². The Hall–Kier alpha value is -4.03. The summed E-state index contributed by atoms with van der Waals surface area (Å²) in [5.41, 5.74) is 3.34. The maximum absolute atomic E-state index is 13.1. The SMILES string of the molecule is CC(C)(C)OC(=O)OCC(COC(=O)OC(C)(C)C)(OC1(Cn2cnc3c(Sc4ccc([N+](=O)[O-])cc4)nc(N)nc32)CC1)P(=O)(O)O. The smallest absolute Gasteiger partial charge is 0.430 e. The second kappa shape index (κ2) is 13.5. The van der Waals surface area contributed by atoms with Crippen LogP contribution >= 0.6 is 19.4 Å². The van der Waals surface area contributed by atoms with E-state index in [9.17, 15) is 34.1 Å². The molecule has 2 aromatic heterocycles. The molecule has 0 radical (unpaired) electrons. The van der Waals surface area contributed by atoms with Gasteiger partial charge in [0, 0.05) is 17.0 Å². The van der Waals surface area contributed by atoms with Crippen molar-refractivity contribution in [1.82, 2.24) is 19.5 Å². The molecule has 0 atom stereocenters. The normalized spacial score (nSPS) is 14.8. The molecule has 20 heteroatoms. The van der Waals surface area contributed by atoms with Gasteiger partial charge in [0.1, 0.15) is 35.0 Å². The Morgan fingerprint density at radius 3 is 2.02 bits per heavy atom. The topological polar surface area (TPSA) is 251 Å². The summed E-state index contributed by atoms with van der Waals surface area (Å²) >= 11 is 1.15. The third kappa shape index (κ3) is 9.53. The molecule has 1 aliphatic rings. The average molecular weight is 713 g/mol. The zero-order valence-corrected chi connectivity index (χ0v) is 28.8. The van der Waals surface area contributed by atoms with Crippen molar-refractivity contribution >= 4 is 54.5 Å². The fourth-order valence-electron chi connectivity index (χ4n) is 4.24. The lowest BCUT2D eigenvalue weighted by molar-refractivity contribution is -0.384. The van der Waals surface area contributed by atoms with Crippen molar-refractivity contribution in [3.05, 3.63) is 40.7 Å². The maximum Gasteiger partial charge on any atom is 0.508 e. The summed E-state index contributed by atoms with van der Waals surface area (Å²) in [4.78, 5) is 70.2. The fraction of sp³-hybridized carbons (Fsp3) is 0.536. The van der Waals surface area contributed by atoms with E-state index in [1.165, 1.54) is 18.5 Å². The van der Waals surface area contributed by atoms with Gasteiger partial charge in [0.25, 0.3) is 5.69 Å². The van der Waals surface area contributed by atoms with Crippen LogP contribution in [0.3, 0.4) is 0 Å². The largest absolute Gasteiger partial charge is 0.508 e. The molecule has 4 rings (SSSR count). The van der Waals surface area contributed by atoms with Crippen LogP contribution in [0.25, 0.3) is 11.2 Å². The molecule has 48 heavy (non-hydrogen) atoms. The minimum atomic E-state index is -5.38. The van der Waals surface area contributed by atoms with Gasteiger partial charge < -0.3 is 43.8 Å². The van der Waals surface area contributed by atoms with E-state index in [4.69, 9.17) is 29.4 Å². The number of nitro benzene ring substituents is 1. The van der Waals surface area contributed by atoms with Crippen LogP contribution in [0.5, 0.6) is 0 Å². The van der Waals surface area contributed by atoms with Crippen molar-refractivity contribution < 1.29 is 52.5 Å². The number of nitro groups is 1. The van der Waals surface area contributed by atoms with E-state index in [2.05, 4.69) is 15.0 Å². The molecule has 0 saturated heterocycles. The van der Waals surface area contributed by atoms with E-state index < -0.39 is 60.2 Å². The molecule has 0 spiro atoms. The van der Waals surface area contributed by atoms with Crippen LogP contribution in [-0.2, 0) is 34.8 Å². The van der Waals surface area contributed by atoms with Crippen molar-refractivity contribution in [2.24, 2.45) is 0 Å². The van der Waals surface area contributed by atoms with Gasteiger partial charge in [-0.1, -0.05) is 11.8 Å². The van der Waals surface area contributed by atoms with Crippen molar-refractivity contribution in [1.29, 1.82) is 0 Å². The zero-order valence-electron chi connectivity index (χ0n) is 27.1. The van der Waals surface area contributed by atoms with E-state index in [-0.39, 0.29) is 23.8 Å². The lowest BCUT2D eigenvalue weighted by atomic mass is 10.2. The Kier molecular flexibility index (Phi) is 10.3. The Balaban J connectivity index is 1.63. The number of nitrogens with zero attached hydrogens (tertiary/aromatic N) is 5. The van der Waals surface area contributed by atoms with Gasteiger partial charge in [0.2, 0.25) is 11.3 Å². The monoisotopic (exact) mass is 712 g/mol. The number of anilines is 1. The Labute approximate surface area is 279 Å². The number of hydrogen-bond acceptors (Lipinski definition) is 15. The van der Waals surface area contributed by atoms with Crippen LogP contribution in [-0.4, -0.2) is 81.9 Å².